The van der Waals surface area contributed by atoms with Gasteiger partial charge in [0.15, 0.2) is 0 Å². The molecule has 0 spiro atoms. The summed E-state index contributed by atoms with van der Waals surface area (Å²) in [5.41, 5.74) is 2.66. The van der Waals surface area contributed by atoms with Crippen molar-refractivity contribution < 1.29 is 14.1 Å². The lowest BCUT2D eigenvalue weighted by molar-refractivity contribution is -0.122. The Kier molecular flexibility index (Phi) is 5.97. The summed E-state index contributed by atoms with van der Waals surface area (Å²) in [4.78, 5) is 24.9. The van der Waals surface area contributed by atoms with Gasteiger partial charge in [-0.3, -0.25) is 4.79 Å². The topological polar surface area (TPSA) is 106 Å². The second-order valence-corrected chi connectivity index (χ2v) is 7.67. The molecule has 0 saturated heterocycles. The van der Waals surface area contributed by atoms with Crippen molar-refractivity contribution in [3.8, 4) is 17.1 Å². The Bertz CT molecular complexity index is 1130. The van der Waals surface area contributed by atoms with Crippen molar-refractivity contribution in [1.29, 1.82) is 0 Å². The van der Waals surface area contributed by atoms with E-state index in [4.69, 9.17) is 9.26 Å². The van der Waals surface area contributed by atoms with E-state index < -0.39 is 0 Å². The van der Waals surface area contributed by atoms with E-state index in [2.05, 4.69) is 39.3 Å². The SMILES string of the molecule is COc1ccc(-c2noc(CCC(=O)NC(c3nc4ccccc4[nH]3)C(C)C)n2)cc1. The molecule has 8 nitrogen and oxygen atoms in total. The third-order valence-corrected chi connectivity index (χ3v) is 5.07. The van der Waals surface area contributed by atoms with Crippen molar-refractivity contribution in [3.05, 3.63) is 60.2 Å². The minimum absolute atomic E-state index is 0.0941. The van der Waals surface area contributed by atoms with Crippen LogP contribution in [0.2, 0.25) is 0 Å². The second-order valence-electron chi connectivity index (χ2n) is 7.67. The fourth-order valence-corrected chi connectivity index (χ4v) is 3.35. The maximum absolute atomic E-state index is 12.6. The number of hydrogen-bond acceptors (Lipinski definition) is 6. The van der Waals surface area contributed by atoms with E-state index in [1.807, 2.05) is 48.5 Å². The van der Waals surface area contributed by atoms with Crippen LogP contribution in [0.5, 0.6) is 5.75 Å². The van der Waals surface area contributed by atoms with Gasteiger partial charge >= 0.3 is 0 Å². The summed E-state index contributed by atoms with van der Waals surface area (Å²) in [6, 6.07) is 15.0. The van der Waals surface area contributed by atoms with Gasteiger partial charge in [-0.25, -0.2) is 4.98 Å². The monoisotopic (exact) mass is 419 g/mol. The van der Waals surface area contributed by atoms with Gasteiger partial charge in [0.1, 0.15) is 11.6 Å². The lowest BCUT2D eigenvalue weighted by Gasteiger charge is -2.20. The van der Waals surface area contributed by atoms with Gasteiger partial charge in [-0.1, -0.05) is 31.1 Å². The lowest BCUT2D eigenvalue weighted by atomic mass is 10.0. The number of carbonyl (C=O) groups excluding carboxylic acids is 1. The molecule has 2 aromatic carbocycles. The van der Waals surface area contributed by atoms with Crippen molar-refractivity contribution in [2.75, 3.05) is 7.11 Å². The summed E-state index contributed by atoms with van der Waals surface area (Å²) in [6.07, 6.45) is 0.605. The molecule has 2 aromatic heterocycles. The minimum atomic E-state index is -0.211. The Morgan fingerprint density at radius 2 is 1.90 bits per heavy atom. The standard InChI is InChI=1S/C23H25N5O3/c1-14(2)21(23-24-17-6-4-5-7-18(17)25-23)26-19(29)12-13-20-27-22(28-31-20)15-8-10-16(30-3)11-9-15/h4-11,14,21H,12-13H2,1-3H3,(H,24,25)(H,26,29). The van der Waals surface area contributed by atoms with Crippen LogP contribution in [0, 0.1) is 5.92 Å². The average molecular weight is 419 g/mol. The number of carbonyl (C=O) groups is 1. The van der Waals surface area contributed by atoms with Gasteiger partial charge < -0.3 is 19.6 Å². The number of ether oxygens (including phenoxy) is 1. The van der Waals surface area contributed by atoms with Crippen LogP contribution in [0.3, 0.4) is 0 Å². The first-order valence-corrected chi connectivity index (χ1v) is 10.2. The van der Waals surface area contributed by atoms with Gasteiger partial charge in [0.25, 0.3) is 0 Å². The molecule has 0 saturated carbocycles. The Morgan fingerprint density at radius 3 is 2.61 bits per heavy atom. The van der Waals surface area contributed by atoms with E-state index in [1.165, 1.54) is 0 Å². The Morgan fingerprint density at radius 1 is 1.13 bits per heavy atom. The van der Waals surface area contributed by atoms with Crippen LogP contribution in [0.25, 0.3) is 22.4 Å². The summed E-state index contributed by atoms with van der Waals surface area (Å²) < 4.78 is 10.5. The zero-order chi connectivity index (χ0) is 21.8. The summed E-state index contributed by atoms with van der Waals surface area (Å²) in [5, 5.41) is 7.09. The quantitative estimate of drug-likeness (QED) is 0.446. The van der Waals surface area contributed by atoms with Gasteiger partial charge in [0.2, 0.25) is 17.6 Å². The number of imidazole rings is 1. The molecule has 0 fully saturated rings. The molecular formula is C23H25N5O3. The van der Waals surface area contributed by atoms with Crippen LogP contribution in [0.1, 0.15) is 38.0 Å². The predicted octanol–water partition coefficient (Wildman–Crippen LogP) is 4.07. The molecule has 4 aromatic rings. The zero-order valence-corrected chi connectivity index (χ0v) is 17.8. The highest BCUT2D eigenvalue weighted by molar-refractivity contribution is 5.77. The lowest BCUT2D eigenvalue weighted by Crippen LogP contribution is -2.32. The van der Waals surface area contributed by atoms with E-state index in [0.29, 0.717) is 18.1 Å². The molecule has 0 aliphatic heterocycles. The summed E-state index contributed by atoms with van der Waals surface area (Å²) in [5.74, 6) is 2.50. The van der Waals surface area contributed by atoms with Gasteiger partial charge in [-0.2, -0.15) is 4.98 Å². The van der Waals surface area contributed by atoms with Crippen LogP contribution in [0.4, 0.5) is 0 Å². The average Bonchev–Trinajstić information content (AvgIpc) is 3.43. The molecule has 1 unspecified atom stereocenters. The first kappa shape index (κ1) is 20.6. The normalized spacial score (nSPS) is 12.3. The molecule has 160 valence electrons. The van der Waals surface area contributed by atoms with E-state index >= 15 is 0 Å². The number of nitrogens with zero attached hydrogens (tertiary/aromatic N) is 3. The van der Waals surface area contributed by atoms with Crippen LogP contribution in [-0.2, 0) is 11.2 Å². The maximum Gasteiger partial charge on any atom is 0.227 e. The van der Waals surface area contributed by atoms with Crippen molar-refractivity contribution in [3.63, 3.8) is 0 Å². The van der Waals surface area contributed by atoms with Crippen molar-refractivity contribution >= 4 is 16.9 Å². The van der Waals surface area contributed by atoms with Crippen LogP contribution in [0.15, 0.2) is 53.1 Å². The number of aromatic nitrogens is 4. The number of methoxy groups -OCH3 is 1. The number of nitrogens with one attached hydrogen (secondary N) is 2. The molecule has 0 aliphatic carbocycles. The largest absolute Gasteiger partial charge is 0.497 e. The Labute approximate surface area is 180 Å². The molecule has 8 heteroatoms. The second kappa shape index (κ2) is 8.99. The number of para-hydroxylation sites is 2. The summed E-state index contributed by atoms with van der Waals surface area (Å²) in [7, 11) is 1.62. The number of hydrogen-bond donors (Lipinski definition) is 2. The van der Waals surface area contributed by atoms with E-state index in [0.717, 1.165) is 28.2 Å². The third kappa shape index (κ3) is 4.74. The number of fused-ring (bicyclic) bond motifs is 1. The highest BCUT2D eigenvalue weighted by atomic mass is 16.5. The van der Waals surface area contributed by atoms with Crippen LogP contribution >= 0.6 is 0 Å². The van der Waals surface area contributed by atoms with E-state index in [-0.39, 0.29) is 24.3 Å². The zero-order valence-electron chi connectivity index (χ0n) is 17.8. The molecule has 1 atom stereocenters. The Balaban J connectivity index is 1.38. The van der Waals surface area contributed by atoms with E-state index in [1.54, 1.807) is 7.11 Å². The number of H-pyrrole nitrogens is 1. The van der Waals surface area contributed by atoms with Crippen molar-refractivity contribution in [1.82, 2.24) is 25.4 Å². The number of benzene rings is 2. The first-order chi connectivity index (χ1) is 15.0. The number of aryl methyl sites for hydroxylation is 1. The van der Waals surface area contributed by atoms with Gasteiger partial charge in [0.05, 0.1) is 24.2 Å². The van der Waals surface area contributed by atoms with Gasteiger partial charge in [-0.15, -0.1) is 0 Å². The highest BCUT2D eigenvalue weighted by Crippen LogP contribution is 2.23. The molecule has 0 radical (unpaired) electrons. The summed E-state index contributed by atoms with van der Waals surface area (Å²) in [6.45, 7) is 4.11. The molecule has 0 bridgehead atoms. The minimum Gasteiger partial charge on any atom is -0.497 e. The fraction of sp³-hybridized carbons (Fsp3) is 0.304. The fourth-order valence-electron chi connectivity index (χ4n) is 3.35. The van der Waals surface area contributed by atoms with Gasteiger partial charge in [-0.05, 0) is 42.3 Å². The first-order valence-electron chi connectivity index (χ1n) is 10.2. The molecule has 2 N–H and O–H groups in total. The maximum atomic E-state index is 12.6. The number of aromatic amines is 1. The summed E-state index contributed by atoms with van der Waals surface area (Å²) >= 11 is 0. The molecule has 2 heterocycles. The van der Waals surface area contributed by atoms with Crippen LogP contribution in [-0.4, -0.2) is 33.1 Å². The van der Waals surface area contributed by atoms with Gasteiger partial charge in [0, 0.05) is 18.4 Å². The molecular weight excluding hydrogens is 394 g/mol. The molecule has 0 aliphatic rings. The van der Waals surface area contributed by atoms with Crippen molar-refractivity contribution in [2.24, 2.45) is 5.92 Å². The Hall–Kier alpha value is -3.68. The third-order valence-electron chi connectivity index (χ3n) is 5.07. The number of amides is 1. The molecule has 31 heavy (non-hydrogen) atoms. The highest BCUT2D eigenvalue weighted by Gasteiger charge is 2.22. The molecule has 1 amide bonds. The van der Waals surface area contributed by atoms with Crippen LogP contribution < -0.4 is 10.1 Å². The molecule has 4 rings (SSSR count). The van der Waals surface area contributed by atoms with Crippen molar-refractivity contribution in [2.45, 2.75) is 32.7 Å². The smallest absolute Gasteiger partial charge is 0.227 e. The predicted molar refractivity (Wildman–Crippen MR) is 116 cm³/mol. The number of rotatable bonds is 8. The van der Waals surface area contributed by atoms with E-state index in [9.17, 15) is 4.79 Å².